The highest BCUT2D eigenvalue weighted by molar-refractivity contribution is 5.61. The van der Waals surface area contributed by atoms with E-state index in [1.165, 1.54) is 0 Å². The number of alkyl halides is 1. The van der Waals surface area contributed by atoms with Gasteiger partial charge in [0.05, 0.1) is 45.3 Å². The molecule has 0 spiro atoms. The lowest BCUT2D eigenvalue weighted by Crippen LogP contribution is -2.36. The number of hydrogen-bond acceptors (Lipinski definition) is 6. The average Bonchev–Trinajstić information content (AvgIpc) is 2.63. The van der Waals surface area contributed by atoms with Crippen molar-refractivity contribution in [1.82, 2.24) is 9.97 Å². The van der Waals surface area contributed by atoms with Gasteiger partial charge in [-0.05, 0) is 24.5 Å². The molecule has 0 bridgehead atoms. The van der Waals surface area contributed by atoms with Gasteiger partial charge in [0, 0.05) is 12.6 Å². The fourth-order valence-corrected chi connectivity index (χ4v) is 2.85. The monoisotopic (exact) mass is 338 g/mol. The summed E-state index contributed by atoms with van der Waals surface area (Å²) in [7, 11) is 0. The van der Waals surface area contributed by atoms with Crippen LogP contribution in [0.3, 0.4) is 0 Å². The molecular formula is C17H23FN2O4. The second-order valence-corrected chi connectivity index (χ2v) is 6.20. The van der Waals surface area contributed by atoms with Crippen LogP contribution >= 0.6 is 0 Å². The van der Waals surface area contributed by atoms with Gasteiger partial charge in [-0.25, -0.2) is 14.4 Å². The van der Waals surface area contributed by atoms with Gasteiger partial charge in [0.15, 0.2) is 5.82 Å². The molecule has 1 aliphatic carbocycles. The number of aromatic nitrogens is 2. The van der Waals surface area contributed by atoms with Gasteiger partial charge in [0.2, 0.25) is 0 Å². The second-order valence-electron chi connectivity index (χ2n) is 6.20. The summed E-state index contributed by atoms with van der Waals surface area (Å²) < 4.78 is 31.1. The van der Waals surface area contributed by atoms with E-state index < -0.39 is 5.67 Å². The molecule has 24 heavy (non-hydrogen) atoms. The Hall–Kier alpha value is -1.41. The number of nitrogens with zero attached hydrogens (tertiary/aromatic N) is 2. The van der Waals surface area contributed by atoms with Crippen LogP contribution < -0.4 is 0 Å². The van der Waals surface area contributed by atoms with Crippen LogP contribution in [-0.4, -0.2) is 59.9 Å². The lowest BCUT2D eigenvalue weighted by molar-refractivity contribution is -0.123. The molecule has 2 heterocycles. The first-order valence-electron chi connectivity index (χ1n) is 8.27. The third-order valence-electron chi connectivity index (χ3n) is 4.27. The standard InChI is InChI=1S/C17H23FN2O4/c18-17(12-23-11-15-10-22-7-8-24-15)4-1-13(2-5-17)16-19-6-3-14(9-21)20-16/h1,3,6,15,21H,2,4-5,7-12H2/t15-,17?/m0/s1. The number of hydrogen-bond donors (Lipinski definition) is 1. The zero-order valence-corrected chi connectivity index (χ0v) is 13.6. The van der Waals surface area contributed by atoms with Crippen molar-refractivity contribution in [2.75, 3.05) is 33.0 Å². The van der Waals surface area contributed by atoms with Crippen molar-refractivity contribution in [2.24, 2.45) is 0 Å². The highest BCUT2D eigenvalue weighted by Crippen LogP contribution is 2.34. The molecule has 7 heteroatoms. The highest BCUT2D eigenvalue weighted by Gasteiger charge is 2.33. The largest absolute Gasteiger partial charge is 0.390 e. The van der Waals surface area contributed by atoms with Gasteiger partial charge in [-0.15, -0.1) is 0 Å². The fraction of sp³-hybridized carbons (Fsp3) is 0.647. The molecule has 3 rings (SSSR count). The van der Waals surface area contributed by atoms with E-state index in [-0.39, 0.29) is 25.7 Å². The zero-order valence-electron chi connectivity index (χ0n) is 13.6. The van der Waals surface area contributed by atoms with Crippen molar-refractivity contribution in [3.63, 3.8) is 0 Å². The van der Waals surface area contributed by atoms with Crippen molar-refractivity contribution in [3.05, 3.63) is 29.9 Å². The second kappa shape index (κ2) is 8.11. The Bertz CT molecular complexity index is 577. The summed E-state index contributed by atoms with van der Waals surface area (Å²) in [4.78, 5) is 8.48. The quantitative estimate of drug-likeness (QED) is 0.851. The average molecular weight is 338 g/mol. The summed E-state index contributed by atoms with van der Waals surface area (Å²) in [5.41, 5.74) is 0.117. The minimum Gasteiger partial charge on any atom is -0.390 e. The molecule has 1 N–H and O–H groups in total. The molecule has 1 aromatic heterocycles. The van der Waals surface area contributed by atoms with Gasteiger partial charge >= 0.3 is 0 Å². The SMILES string of the molecule is OCc1ccnc(C2=CCC(F)(COC[C@@H]3COCCO3)CC2)n1. The summed E-state index contributed by atoms with van der Waals surface area (Å²) in [6, 6.07) is 1.66. The van der Waals surface area contributed by atoms with Crippen LogP contribution in [-0.2, 0) is 20.8 Å². The van der Waals surface area contributed by atoms with Crippen molar-refractivity contribution in [2.45, 2.75) is 37.6 Å². The van der Waals surface area contributed by atoms with Crippen molar-refractivity contribution < 1.29 is 23.7 Å². The van der Waals surface area contributed by atoms with E-state index in [4.69, 9.17) is 19.3 Å². The maximum atomic E-state index is 14.8. The highest BCUT2D eigenvalue weighted by atomic mass is 19.1. The zero-order chi connectivity index (χ0) is 16.8. The van der Waals surface area contributed by atoms with Gasteiger partial charge in [0.1, 0.15) is 11.8 Å². The number of allylic oxidation sites excluding steroid dienone is 2. The molecule has 132 valence electrons. The molecule has 1 saturated heterocycles. The maximum absolute atomic E-state index is 14.8. The normalized spacial score (nSPS) is 27.8. The molecule has 6 nitrogen and oxygen atoms in total. The van der Waals surface area contributed by atoms with Gasteiger partial charge in [-0.2, -0.15) is 0 Å². The molecule has 0 amide bonds. The summed E-state index contributed by atoms with van der Waals surface area (Å²) in [6.07, 6.45) is 4.54. The minimum atomic E-state index is -1.37. The molecule has 2 aliphatic rings. The van der Waals surface area contributed by atoms with Crippen molar-refractivity contribution in [1.29, 1.82) is 0 Å². The number of ether oxygens (including phenoxy) is 3. The van der Waals surface area contributed by atoms with Crippen LogP contribution in [0.1, 0.15) is 30.8 Å². The van der Waals surface area contributed by atoms with Crippen LogP contribution in [0.4, 0.5) is 4.39 Å². The van der Waals surface area contributed by atoms with Crippen LogP contribution in [0.25, 0.3) is 5.57 Å². The van der Waals surface area contributed by atoms with E-state index in [0.717, 1.165) is 5.57 Å². The first-order valence-corrected chi connectivity index (χ1v) is 8.27. The van der Waals surface area contributed by atoms with Crippen molar-refractivity contribution in [3.8, 4) is 0 Å². The molecule has 1 aliphatic heterocycles. The van der Waals surface area contributed by atoms with Crippen molar-refractivity contribution >= 4 is 5.57 Å². The summed E-state index contributed by atoms with van der Waals surface area (Å²) >= 11 is 0. The van der Waals surface area contributed by atoms with Gasteiger partial charge in [-0.3, -0.25) is 0 Å². The van der Waals surface area contributed by atoms with E-state index in [2.05, 4.69) is 9.97 Å². The fourth-order valence-electron chi connectivity index (χ4n) is 2.85. The van der Waals surface area contributed by atoms with Crippen LogP contribution in [0.2, 0.25) is 0 Å². The molecule has 2 atom stereocenters. The molecule has 1 aromatic rings. The Kier molecular flexibility index (Phi) is 5.89. The van der Waals surface area contributed by atoms with Gasteiger partial charge < -0.3 is 19.3 Å². The topological polar surface area (TPSA) is 73.7 Å². The Labute approximate surface area is 140 Å². The van der Waals surface area contributed by atoms with Gasteiger partial charge in [0.25, 0.3) is 0 Å². The number of aliphatic hydroxyl groups is 1. The van der Waals surface area contributed by atoms with E-state index in [9.17, 15) is 4.39 Å². The Morgan fingerprint density at radius 1 is 1.42 bits per heavy atom. The molecule has 0 aromatic carbocycles. The van der Waals surface area contributed by atoms with E-state index in [1.54, 1.807) is 12.3 Å². The smallest absolute Gasteiger partial charge is 0.155 e. The van der Waals surface area contributed by atoms with Crippen LogP contribution in [0.5, 0.6) is 0 Å². The maximum Gasteiger partial charge on any atom is 0.155 e. The Morgan fingerprint density at radius 2 is 2.33 bits per heavy atom. The Morgan fingerprint density at radius 3 is 3.04 bits per heavy atom. The number of rotatable bonds is 6. The lowest BCUT2D eigenvalue weighted by Gasteiger charge is -2.29. The molecular weight excluding hydrogens is 315 g/mol. The van der Waals surface area contributed by atoms with Crippen LogP contribution in [0.15, 0.2) is 18.3 Å². The van der Waals surface area contributed by atoms with E-state index in [0.29, 0.717) is 50.8 Å². The number of aliphatic hydroxyl groups excluding tert-OH is 1. The third-order valence-corrected chi connectivity index (χ3v) is 4.27. The molecule has 1 fully saturated rings. The summed E-state index contributed by atoms with van der Waals surface area (Å²) in [6.45, 7) is 1.95. The van der Waals surface area contributed by atoms with E-state index >= 15 is 0 Å². The van der Waals surface area contributed by atoms with Gasteiger partial charge in [-0.1, -0.05) is 6.08 Å². The summed E-state index contributed by atoms with van der Waals surface area (Å²) in [5, 5.41) is 9.14. The first kappa shape index (κ1) is 17.4. The van der Waals surface area contributed by atoms with E-state index in [1.807, 2.05) is 6.08 Å². The van der Waals surface area contributed by atoms with Crippen LogP contribution in [0, 0.1) is 0 Å². The predicted octanol–water partition coefficient (Wildman–Crippen LogP) is 1.68. The number of halogens is 1. The first-order chi connectivity index (χ1) is 11.7. The predicted molar refractivity (Wildman–Crippen MR) is 85.0 cm³/mol. The third kappa shape index (κ3) is 4.57. The Balaban J connectivity index is 1.51. The molecule has 0 saturated carbocycles. The molecule has 1 unspecified atom stereocenters. The summed E-state index contributed by atoms with van der Waals surface area (Å²) in [5.74, 6) is 0.567. The lowest BCUT2D eigenvalue weighted by atomic mass is 9.87. The molecule has 0 radical (unpaired) electrons. The minimum absolute atomic E-state index is 0.0498.